The minimum atomic E-state index is -0.215. The lowest BCUT2D eigenvalue weighted by Crippen LogP contribution is -2.41. The van der Waals surface area contributed by atoms with Crippen molar-refractivity contribution in [1.29, 1.82) is 0 Å². The van der Waals surface area contributed by atoms with Crippen LogP contribution >= 0.6 is 11.6 Å². The van der Waals surface area contributed by atoms with Crippen LogP contribution in [-0.4, -0.2) is 25.3 Å². The number of hydrogen-bond donors (Lipinski definition) is 1. The molecule has 0 radical (unpaired) electrons. The first-order valence-corrected chi connectivity index (χ1v) is 7.82. The van der Waals surface area contributed by atoms with Crippen LogP contribution in [0.15, 0.2) is 18.2 Å². The average Bonchev–Trinajstić information content (AvgIpc) is 2.89. The second-order valence-electron chi connectivity index (χ2n) is 5.37. The molecule has 1 heterocycles. The molecule has 2 rings (SSSR count). The Bertz CT molecular complexity index is 440. The summed E-state index contributed by atoms with van der Waals surface area (Å²) in [6.07, 6.45) is 3.02. The van der Waals surface area contributed by atoms with E-state index in [0.29, 0.717) is 17.4 Å². The van der Waals surface area contributed by atoms with Crippen LogP contribution in [0.25, 0.3) is 0 Å². The smallest absolute Gasteiger partial charge is 0.127 e. The Labute approximate surface area is 125 Å². The van der Waals surface area contributed by atoms with Gasteiger partial charge in [-0.05, 0) is 43.5 Å². The van der Waals surface area contributed by atoms with Crippen LogP contribution < -0.4 is 5.32 Å². The second kappa shape index (κ2) is 7.39. The van der Waals surface area contributed by atoms with E-state index in [2.05, 4.69) is 19.2 Å². The van der Waals surface area contributed by atoms with Gasteiger partial charge >= 0.3 is 0 Å². The molecule has 3 atom stereocenters. The highest BCUT2D eigenvalue weighted by Crippen LogP contribution is 2.29. The van der Waals surface area contributed by atoms with Crippen molar-refractivity contribution < 1.29 is 9.13 Å². The Morgan fingerprint density at radius 1 is 1.45 bits per heavy atom. The third-order valence-corrected chi connectivity index (χ3v) is 4.34. The van der Waals surface area contributed by atoms with Gasteiger partial charge in [0.05, 0.1) is 6.10 Å². The maximum absolute atomic E-state index is 14.0. The van der Waals surface area contributed by atoms with Crippen molar-refractivity contribution in [3.8, 4) is 0 Å². The van der Waals surface area contributed by atoms with E-state index in [4.69, 9.17) is 16.3 Å². The normalized spacial score (nSPS) is 24.0. The van der Waals surface area contributed by atoms with Crippen molar-refractivity contribution in [2.75, 3.05) is 13.2 Å². The van der Waals surface area contributed by atoms with Gasteiger partial charge in [-0.25, -0.2) is 4.39 Å². The molecule has 0 aromatic heterocycles. The fourth-order valence-corrected chi connectivity index (χ4v) is 3.27. The summed E-state index contributed by atoms with van der Waals surface area (Å²) in [5, 5.41) is 3.95. The summed E-state index contributed by atoms with van der Waals surface area (Å²) in [5.41, 5.74) is 0.724. The quantitative estimate of drug-likeness (QED) is 0.862. The Balaban J connectivity index is 2.12. The predicted molar refractivity (Wildman–Crippen MR) is 80.7 cm³/mol. The number of halogens is 2. The number of likely N-dealkylation sites (N-methyl/N-ethyl adjacent to an activating group) is 1. The van der Waals surface area contributed by atoms with Gasteiger partial charge in [0, 0.05) is 23.6 Å². The molecule has 1 fully saturated rings. The number of rotatable bonds is 6. The molecule has 1 saturated heterocycles. The monoisotopic (exact) mass is 299 g/mol. The number of hydrogen-bond acceptors (Lipinski definition) is 2. The van der Waals surface area contributed by atoms with Crippen LogP contribution in [0.2, 0.25) is 5.02 Å². The van der Waals surface area contributed by atoms with Crippen LogP contribution in [0.1, 0.15) is 32.3 Å². The molecule has 0 spiro atoms. The van der Waals surface area contributed by atoms with E-state index in [0.717, 1.165) is 31.6 Å². The van der Waals surface area contributed by atoms with E-state index in [1.807, 2.05) is 0 Å². The van der Waals surface area contributed by atoms with E-state index in [-0.39, 0.29) is 18.0 Å². The van der Waals surface area contributed by atoms with Crippen molar-refractivity contribution in [2.45, 2.75) is 45.3 Å². The highest BCUT2D eigenvalue weighted by Gasteiger charge is 2.33. The zero-order chi connectivity index (χ0) is 14.5. The molecule has 112 valence electrons. The maximum atomic E-state index is 14.0. The van der Waals surface area contributed by atoms with Gasteiger partial charge < -0.3 is 10.1 Å². The lowest BCUT2D eigenvalue weighted by Gasteiger charge is -2.28. The molecule has 0 saturated carbocycles. The van der Waals surface area contributed by atoms with Crippen molar-refractivity contribution >= 4 is 11.6 Å². The standard InChI is InChI=1S/C16H23ClFNO/c1-3-16-13(7-8-20-16)15(19-4-2)9-11-5-6-12(17)10-14(11)18/h5-6,10,13,15-16,19H,3-4,7-9H2,1-2H3. The minimum Gasteiger partial charge on any atom is -0.378 e. The predicted octanol–water partition coefficient (Wildman–Crippen LogP) is 3.81. The van der Waals surface area contributed by atoms with Crippen molar-refractivity contribution in [1.82, 2.24) is 5.32 Å². The zero-order valence-corrected chi connectivity index (χ0v) is 12.9. The Morgan fingerprint density at radius 3 is 2.90 bits per heavy atom. The fraction of sp³-hybridized carbons (Fsp3) is 0.625. The van der Waals surface area contributed by atoms with Gasteiger partial charge in [-0.1, -0.05) is 31.5 Å². The molecular weight excluding hydrogens is 277 g/mol. The first-order valence-electron chi connectivity index (χ1n) is 7.44. The highest BCUT2D eigenvalue weighted by atomic mass is 35.5. The molecule has 1 aliphatic heterocycles. The highest BCUT2D eigenvalue weighted by molar-refractivity contribution is 6.30. The van der Waals surface area contributed by atoms with Crippen molar-refractivity contribution in [3.63, 3.8) is 0 Å². The summed E-state index contributed by atoms with van der Waals surface area (Å²) < 4.78 is 19.7. The molecule has 1 N–H and O–H groups in total. The van der Waals surface area contributed by atoms with Crippen LogP contribution in [0.3, 0.4) is 0 Å². The molecule has 1 aliphatic rings. The summed E-state index contributed by atoms with van der Waals surface area (Å²) in [4.78, 5) is 0. The largest absolute Gasteiger partial charge is 0.378 e. The minimum absolute atomic E-state index is 0.215. The average molecular weight is 300 g/mol. The zero-order valence-electron chi connectivity index (χ0n) is 12.2. The molecule has 4 heteroatoms. The van der Waals surface area contributed by atoms with Gasteiger partial charge in [0.25, 0.3) is 0 Å². The summed E-state index contributed by atoms with van der Waals surface area (Å²) in [6, 6.07) is 5.19. The van der Waals surface area contributed by atoms with E-state index < -0.39 is 0 Å². The van der Waals surface area contributed by atoms with Gasteiger partial charge in [0.15, 0.2) is 0 Å². The summed E-state index contributed by atoms with van der Waals surface area (Å²) in [5.74, 6) is 0.238. The third-order valence-electron chi connectivity index (χ3n) is 4.10. The fourth-order valence-electron chi connectivity index (χ4n) is 3.11. The maximum Gasteiger partial charge on any atom is 0.127 e. The summed E-state index contributed by atoms with van der Waals surface area (Å²) >= 11 is 5.81. The molecule has 0 aliphatic carbocycles. The van der Waals surface area contributed by atoms with Gasteiger partial charge in [0.2, 0.25) is 0 Å². The van der Waals surface area contributed by atoms with E-state index in [1.54, 1.807) is 12.1 Å². The lowest BCUT2D eigenvalue weighted by molar-refractivity contribution is 0.0775. The molecule has 1 aromatic rings. The molecule has 0 amide bonds. The molecule has 20 heavy (non-hydrogen) atoms. The summed E-state index contributed by atoms with van der Waals surface area (Å²) in [6.45, 7) is 5.93. The molecule has 1 aromatic carbocycles. The van der Waals surface area contributed by atoms with Gasteiger partial charge in [0.1, 0.15) is 5.82 Å². The van der Waals surface area contributed by atoms with Crippen LogP contribution in [-0.2, 0) is 11.2 Å². The SMILES string of the molecule is CCNC(Cc1ccc(Cl)cc1F)C1CCOC1CC. The van der Waals surface area contributed by atoms with Gasteiger partial charge in [-0.2, -0.15) is 0 Å². The van der Waals surface area contributed by atoms with Gasteiger partial charge in [-0.15, -0.1) is 0 Å². The summed E-state index contributed by atoms with van der Waals surface area (Å²) in [7, 11) is 0. The Hall–Kier alpha value is -0.640. The molecule has 0 bridgehead atoms. The van der Waals surface area contributed by atoms with E-state index >= 15 is 0 Å². The van der Waals surface area contributed by atoms with E-state index in [1.165, 1.54) is 6.07 Å². The first-order chi connectivity index (χ1) is 9.65. The van der Waals surface area contributed by atoms with Crippen LogP contribution in [0.5, 0.6) is 0 Å². The topological polar surface area (TPSA) is 21.3 Å². The second-order valence-corrected chi connectivity index (χ2v) is 5.81. The van der Waals surface area contributed by atoms with Crippen molar-refractivity contribution in [3.05, 3.63) is 34.6 Å². The Morgan fingerprint density at radius 2 is 2.25 bits per heavy atom. The van der Waals surface area contributed by atoms with Crippen LogP contribution in [0, 0.1) is 11.7 Å². The van der Waals surface area contributed by atoms with Crippen molar-refractivity contribution in [2.24, 2.45) is 5.92 Å². The Kier molecular flexibility index (Phi) is 5.82. The number of benzene rings is 1. The number of nitrogens with one attached hydrogen (secondary N) is 1. The third kappa shape index (κ3) is 3.72. The molecule has 3 unspecified atom stereocenters. The molecular formula is C16H23ClFNO. The molecule has 2 nitrogen and oxygen atoms in total. The van der Waals surface area contributed by atoms with E-state index in [9.17, 15) is 4.39 Å². The lowest BCUT2D eigenvalue weighted by atomic mass is 9.87. The van der Waals surface area contributed by atoms with Gasteiger partial charge in [-0.3, -0.25) is 0 Å². The number of ether oxygens (including phenoxy) is 1. The van der Waals surface area contributed by atoms with Crippen LogP contribution in [0.4, 0.5) is 4.39 Å². The first kappa shape index (κ1) is 15.7.